The number of hydrogen-bond donors (Lipinski definition) is 1. The number of carbonyl (C=O) groups excluding carboxylic acids is 3. The number of terminal acetylenes is 1. The highest BCUT2D eigenvalue weighted by molar-refractivity contribution is 6.04. The molecule has 4 aromatic rings. The van der Waals surface area contributed by atoms with Gasteiger partial charge in [0.2, 0.25) is 0 Å². The summed E-state index contributed by atoms with van der Waals surface area (Å²) in [6.45, 7) is 1.50. The molecule has 160 valence electrons. The summed E-state index contributed by atoms with van der Waals surface area (Å²) in [5.74, 6) is 1.96. The zero-order valence-corrected chi connectivity index (χ0v) is 17.8. The van der Waals surface area contributed by atoms with Crippen LogP contribution >= 0.6 is 0 Å². The van der Waals surface area contributed by atoms with Crippen molar-refractivity contribution >= 4 is 34.1 Å². The Morgan fingerprint density at radius 2 is 1.36 bits per heavy atom. The highest BCUT2D eigenvalue weighted by atomic mass is 16.5. The zero-order chi connectivity index (χ0) is 23.4. The summed E-state index contributed by atoms with van der Waals surface area (Å²) in [6.07, 6.45) is 5.33. The number of anilines is 1. The van der Waals surface area contributed by atoms with E-state index < -0.39 is 5.97 Å². The van der Waals surface area contributed by atoms with Crippen molar-refractivity contribution in [3.05, 3.63) is 107 Å². The van der Waals surface area contributed by atoms with E-state index in [1.807, 2.05) is 6.07 Å². The molecule has 0 aliphatic carbocycles. The topological polar surface area (TPSA) is 72.5 Å². The maximum atomic E-state index is 12.6. The van der Waals surface area contributed by atoms with Crippen molar-refractivity contribution < 1.29 is 19.1 Å². The second kappa shape index (κ2) is 9.21. The molecule has 0 aliphatic rings. The third-order valence-electron chi connectivity index (χ3n) is 5.12. The van der Waals surface area contributed by atoms with Crippen LogP contribution in [0.2, 0.25) is 0 Å². The van der Waals surface area contributed by atoms with Crippen LogP contribution in [0.5, 0.6) is 5.75 Å². The summed E-state index contributed by atoms with van der Waals surface area (Å²) < 4.78 is 5.45. The van der Waals surface area contributed by atoms with E-state index in [0.29, 0.717) is 28.1 Å². The van der Waals surface area contributed by atoms with Gasteiger partial charge in [-0.1, -0.05) is 24.1 Å². The summed E-state index contributed by atoms with van der Waals surface area (Å²) in [5, 5.41) is 4.48. The van der Waals surface area contributed by atoms with Crippen LogP contribution in [0.4, 0.5) is 5.69 Å². The Bertz CT molecular complexity index is 1410. The number of rotatable bonds is 5. The first-order valence-electron chi connectivity index (χ1n) is 10.2. The van der Waals surface area contributed by atoms with Gasteiger partial charge in [-0.3, -0.25) is 9.59 Å². The van der Waals surface area contributed by atoms with E-state index in [9.17, 15) is 14.4 Å². The molecule has 0 spiro atoms. The largest absolute Gasteiger partial charge is 0.423 e. The smallest absolute Gasteiger partial charge is 0.343 e. The molecule has 4 aromatic carbocycles. The number of ether oxygens (including phenoxy) is 1. The minimum absolute atomic E-state index is 0.0430. The molecule has 0 unspecified atom stereocenters. The first kappa shape index (κ1) is 21.5. The molecule has 0 aromatic heterocycles. The van der Waals surface area contributed by atoms with E-state index in [0.717, 1.165) is 16.3 Å². The van der Waals surface area contributed by atoms with Crippen molar-refractivity contribution in [1.29, 1.82) is 0 Å². The van der Waals surface area contributed by atoms with Crippen LogP contribution in [0, 0.1) is 12.3 Å². The van der Waals surface area contributed by atoms with Crippen LogP contribution in [0.3, 0.4) is 0 Å². The SMILES string of the molecule is C#Cc1ccc(NC(=O)c2ccc(OC(=O)c3ccc4ccc(C(C)=O)cc4c3)cc2)cc1. The molecule has 5 heteroatoms. The van der Waals surface area contributed by atoms with Crippen LogP contribution < -0.4 is 10.1 Å². The number of carbonyl (C=O) groups is 3. The predicted molar refractivity (Wildman–Crippen MR) is 128 cm³/mol. The molecular formula is C28H19NO4. The first-order chi connectivity index (χ1) is 15.9. The van der Waals surface area contributed by atoms with Gasteiger partial charge in [-0.25, -0.2) is 4.79 Å². The summed E-state index contributed by atoms with van der Waals surface area (Å²) in [6, 6.07) is 23.7. The van der Waals surface area contributed by atoms with Crippen molar-refractivity contribution in [2.45, 2.75) is 6.92 Å². The summed E-state index contributed by atoms with van der Waals surface area (Å²) in [5.41, 5.74) is 2.70. The third-order valence-corrected chi connectivity index (χ3v) is 5.12. The fourth-order valence-corrected chi connectivity index (χ4v) is 3.29. The van der Waals surface area contributed by atoms with Gasteiger partial charge >= 0.3 is 5.97 Å². The fourth-order valence-electron chi connectivity index (χ4n) is 3.29. The number of nitrogens with one attached hydrogen (secondary N) is 1. The Kier molecular flexibility index (Phi) is 6.01. The molecule has 0 fully saturated rings. The van der Waals surface area contributed by atoms with E-state index >= 15 is 0 Å². The monoisotopic (exact) mass is 433 g/mol. The quantitative estimate of drug-likeness (QED) is 0.195. The van der Waals surface area contributed by atoms with Gasteiger partial charge in [0.15, 0.2) is 5.78 Å². The molecule has 0 heterocycles. The number of benzene rings is 4. The van der Waals surface area contributed by atoms with E-state index in [1.165, 1.54) is 6.92 Å². The van der Waals surface area contributed by atoms with Crippen LogP contribution in [-0.4, -0.2) is 17.7 Å². The van der Waals surface area contributed by atoms with Crippen molar-refractivity contribution in [3.8, 4) is 18.1 Å². The van der Waals surface area contributed by atoms with Gasteiger partial charge in [-0.2, -0.15) is 0 Å². The Morgan fingerprint density at radius 1 is 0.758 bits per heavy atom. The van der Waals surface area contributed by atoms with E-state index in [1.54, 1.807) is 78.9 Å². The fraction of sp³-hybridized carbons (Fsp3) is 0.0357. The molecule has 33 heavy (non-hydrogen) atoms. The van der Waals surface area contributed by atoms with Crippen molar-refractivity contribution in [2.24, 2.45) is 0 Å². The second-order valence-electron chi connectivity index (χ2n) is 7.42. The number of hydrogen-bond acceptors (Lipinski definition) is 4. The number of esters is 1. The summed E-state index contributed by atoms with van der Waals surface area (Å²) >= 11 is 0. The van der Waals surface area contributed by atoms with Gasteiger partial charge in [0.1, 0.15) is 5.75 Å². The minimum atomic E-state index is -0.532. The lowest BCUT2D eigenvalue weighted by molar-refractivity contribution is 0.0734. The number of amides is 1. The van der Waals surface area contributed by atoms with E-state index in [4.69, 9.17) is 11.2 Å². The van der Waals surface area contributed by atoms with Crippen LogP contribution in [0.25, 0.3) is 10.8 Å². The normalized spacial score (nSPS) is 10.3. The van der Waals surface area contributed by atoms with E-state index in [-0.39, 0.29) is 11.7 Å². The molecule has 0 saturated heterocycles. The van der Waals surface area contributed by atoms with Gasteiger partial charge < -0.3 is 10.1 Å². The summed E-state index contributed by atoms with van der Waals surface area (Å²) in [4.78, 5) is 36.7. The van der Waals surface area contributed by atoms with Gasteiger partial charge in [0.25, 0.3) is 5.91 Å². The van der Waals surface area contributed by atoms with E-state index in [2.05, 4.69) is 11.2 Å². The van der Waals surface area contributed by atoms with Gasteiger partial charge in [-0.05, 0) is 84.4 Å². The standard InChI is InChI=1S/C28H19NO4/c1-3-19-4-12-25(13-5-19)29-27(31)21-10-14-26(15-11-21)33-28(32)23-9-7-20-6-8-22(18(2)30)16-24(20)17-23/h1,4-17H,2H3,(H,29,31). The Labute approximate surface area is 191 Å². The lowest BCUT2D eigenvalue weighted by atomic mass is 10.0. The molecular weight excluding hydrogens is 414 g/mol. The molecule has 0 aliphatic heterocycles. The van der Waals surface area contributed by atoms with Gasteiger partial charge in [0, 0.05) is 22.4 Å². The molecule has 1 N–H and O–H groups in total. The Hall–Kier alpha value is -4.69. The second-order valence-corrected chi connectivity index (χ2v) is 7.42. The third kappa shape index (κ3) is 4.97. The zero-order valence-electron chi connectivity index (χ0n) is 17.8. The number of Topliss-reactive ketones (excluding diaryl/α,β-unsaturated/α-hetero) is 1. The van der Waals surface area contributed by atoms with Crippen molar-refractivity contribution in [3.63, 3.8) is 0 Å². The number of fused-ring (bicyclic) bond motifs is 1. The summed E-state index contributed by atoms with van der Waals surface area (Å²) in [7, 11) is 0. The minimum Gasteiger partial charge on any atom is -0.423 e. The molecule has 5 nitrogen and oxygen atoms in total. The average Bonchev–Trinajstić information content (AvgIpc) is 2.84. The maximum absolute atomic E-state index is 12.6. The van der Waals surface area contributed by atoms with Crippen molar-refractivity contribution in [2.75, 3.05) is 5.32 Å². The first-order valence-corrected chi connectivity index (χ1v) is 10.2. The van der Waals surface area contributed by atoms with Crippen LogP contribution in [0.15, 0.2) is 84.9 Å². The molecule has 0 atom stereocenters. The highest BCUT2D eigenvalue weighted by Crippen LogP contribution is 2.21. The van der Waals surface area contributed by atoms with Gasteiger partial charge in [0.05, 0.1) is 5.56 Å². The average molecular weight is 433 g/mol. The Morgan fingerprint density at radius 3 is 2.00 bits per heavy atom. The van der Waals surface area contributed by atoms with Gasteiger partial charge in [-0.15, -0.1) is 6.42 Å². The Balaban J connectivity index is 1.44. The molecule has 0 saturated carbocycles. The van der Waals surface area contributed by atoms with Crippen molar-refractivity contribution in [1.82, 2.24) is 0 Å². The van der Waals surface area contributed by atoms with Crippen LogP contribution in [0.1, 0.15) is 43.6 Å². The lowest BCUT2D eigenvalue weighted by Gasteiger charge is -2.08. The highest BCUT2D eigenvalue weighted by Gasteiger charge is 2.12. The molecule has 0 bridgehead atoms. The predicted octanol–water partition coefficient (Wildman–Crippen LogP) is 5.50. The van der Waals surface area contributed by atoms with Crippen LogP contribution in [-0.2, 0) is 0 Å². The molecule has 0 radical (unpaired) electrons. The lowest BCUT2D eigenvalue weighted by Crippen LogP contribution is -2.12. The molecule has 1 amide bonds. The number of ketones is 1. The maximum Gasteiger partial charge on any atom is 0.343 e. The molecule has 4 rings (SSSR count).